The van der Waals surface area contributed by atoms with E-state index < -0.39 is 10.8 Å². The van der Waals surface area contributed by atoms with Crippen molar-refractivity contribution in [3.63, 3.8) is 0 Å². The van der Waals surface area contributed by atoms with Crippen LogP contribution < -0.4 is 5.32 Å². The molecule has 0 radical (unpaired) electrons. The minimum Gasteiger partial charge on any atom is -0.349 e. The van der Waals surface area contributed by atoms with E-state index in [2.05, 4.69) is 5.32 Å². The summed E-state index contributed by atoms with van der Waals surface area (Å²) < 4.78 is 11.0. The van der Waals surface area contributed by atoms with Gasteiger partial charge in [0.1, 0.15) is 0 Å². The highest BCUT2D eigenvalue weighted by atomic mass is 32.2. The van der Waals surface area contributed by atoms with E-state index in [-0.39, 0.29) is 11.2 Å². The molecule has 2 unspecified atom stereocenters. The van der Waals surface area contributed by atoms with Crippen LogP contribution in [0.2, 0.25) is 0 Å². The number of rotatable bonds is 7. The fourth-order valence-corrected chi connectivity index (χ4v) is 1.46. The number of carbonyl (C=O) groups excluding carboxylic acids is 1. The summed E-state index contributed by atoms with van der Waals surface area (Å²) in [6.07, 6.45) is 3.14. The van der Waals surface area contributed by atoms with Crippen molar-refractivity contribution in [2.75, 3.05) is 33.4 Å². The molecule has 0 aromatic carbocycles. The molecule has 0 spiro atoms. The molecular formula is C10H22N2O2S. The lowest BCUT2D eigenvalue weighted by atomic mass is 10.3. The molecule has 15 heavy (non-hydrogen) atoms. The van der Waals surface area contributed by atoms with Crippen LogP contribution in [0.25, 0.3) is 0 Å². The number of hydrogen-bond donors (Lipinski definition) is 1. The van der Waals surface area contributed by atoms with Crippen molar-refractivity contribution in [2.45, 2.75) is 25.0 Å². The smallest absolute Gasteiger partial charge is 0.223 e. The van der Waals surface area contributed by atoms with Crippen molar-refractivity contribution in [2.24, 2.45) is 0 Å². The Morgan fingerprint density at radius 3 is 2.47 bits per heavy atom. The number of nitrogens with zero attached hydrogens (tertiary/aromatic N) is 1. The molecular weight excluding hydrogens is 212 g/mol. The van der Waals surface area contributed by atoms with E-state index in [4.69, 9.17) is 0 Å². The lowest BCUT2D eigenvalue weighted by Gasteiger charge is -2.11. The van der Waals surface area contributed by atoms with Gasteiger partial charge in [-0.05, 0) is 13.0 Å². The van der Waals surface area contributed by atoms with E-state index in [1.807, 2.05) is 6.92 Å². The zero-order chi connectivity index (χ0) is 11.8. The zero-order valence-corrected chi connectivity index (χ0v) is 10.9. The Morgan fingerprint density at radius 2 is 2.00 bits per heavy atom. The van der Waals surface area contributed by atoms with Gasteiger partial charge in [-0.3, -0.25) is 9.00 Å². The lowest BCUT2D eigenvalue weighted by molar-refractivity contribution is -0.128. The first-order valence-electron chi connectivity index (χ1n) is 5.18. The van der Waals surface area contributed by atoms with Crippen LogP contribution in [0.5, 0.6) is 0 Å². The number of hydrogen-bond acceptors (Lipinski definition) is 3. The minimum absolute atomic E-state index is 0.134. The van der Waals surface area contributed by atoms with Crippen molar-refractivity contribution in [3.8, 4) is 0 Å². The lowest BCUT2D eigenvalue weighted by Crippen LogP contribution is -2.28. The Bertz CT molecular complexity index is 219. The van der Waals surface area contributed by atoms with Crippen LogP contribution >= 0.6 is 0 Å². The number of nitrogens with one attached hydrogen (secondary N) is 1. The fraction of sp³-hybridized carbons (Fsp3) is 0.900. The summed E-state index contributed by atoms with van der Waals surface area (Å²) in [6, 6.07) is 0. The standard InChI is InChI=1S/C10H22N2O2S/c1-9(15(4)14)5-7-11-8-6-10(13)12(2)3/h9,11H,5-8H2,1-4H3. The molecule has 0 heterocycles. The normalized spacial score (nSPS) is 14.7. The van der Waals surface area contributed by atoms with E-state index in [1.165, 1.54) is 0 Å². The molecule has 0 fully saturated rings. The van der Waals surface area contributed by atoms with Gasteiger partial charge in [-0.2, -0.15) is 0 Å². The Kier molecular flexibility index (Phi) is 7.60. The molecule has 0 aliphatic heterocycles. The maximum Gasteiger partial charge on any atom is 0.223 e. The maximum absolute atomic E-state index is 11.2. The molecule has 0 aliphatic rings. The molecule has 0 bridgehead atoms. The highest BCUT2D eigenvalue weighted by molar-refractivity contribution is 7.84. The second-order valence-corrected chi connectivity index (χ2v) is 5.69. The predicted octanol–water partition coefficient (Wildman–Crippen LogP) is 0.211. The van der Waals surface area contributed by atoms with Crippen molar-refractivity contribution < 1.29 is 9.00 Å². The number of amides is 1. The highest BCUT2D eigenvalue weighted by Crippen LogP contribution is 1.97. The molecule has 1 N–H and O–H groups in total. The van der Waals surface area contributed by atoms with Crippen molar-refractivity contribution in [1.82, 2.24) is 10.2 Å². The van der Waals surface area contributed by atoms with Gasteiger partial charge in [0.25, 0.3) is 0 Å². The van der Waals surface area contributed by atoms with Gasteiger partial charge in [-0.25, -0.2) is 0 Å². The van der Waals surface area contributed by atoms with Crippen molar-refractivity contribution >= 4 is 16.7 Å². The summed E-state index contributed by atoms with van der Waals surface area (Å²) in [6.45, 7) is 3.49. The molecule has 0 rings (SSSR count). The molecule has 90 valence electrons. The van der Waals surface area contributed by atoms with Crippen LogP contribution in [-0.4, -0.2) is 53.7 Å². The van der Waals surface area contributed by atoms with Gasteiger partial charge in [0.2, 0.25) is 5.91 Å². The Hall–Kier alpha value is -0.420. The summed E-state index contributed by atoms with van der Waals surface area (Å²) in [5.41, 5.74) is 0. The first-order chi connectivity index (χ1) is 6.95. The summed E-state index contributed by atoms with van der Waals surface area (Å²) in [5.74, 6) is 0.134. The zero-order valence-electron chi connectivity index (χ0n) is 10.1. The highest BCUT2D eigenvalue weighted by Gasteiger charge is 2.06. The SMILES string of the molecule is CC(CCNCCC(=O)N(C)C)S(C)=O. The predicted molar refractivity (Wildman–Crippen MR) is 64.3 cm³/mol. The van der Waals surface area contributed by atoms with Gasteiger partial charge in [0, 0.05) is 49.4 Å². The van der Waals surface area contributed by atoms with Gasteiger partial charge in [0.05, 0.1) is 0 Å². The molecule has 0 aromatic heterocycles. The van der Waals surface area contributed by atoms with Crippen LogP contribution in [0.15, 0.2) is 0 Å². The molecule has 5 heteroatoms. The van der Waals surface area contributed by atoms with Crippen LogP contribution in [-0.2, 0) is 15.6 Å². The summed E-state index contributed by atoms with van der Waals surface area (Å²) in [7, 11) is 2.76. The second kappa shape index (κ2) is 7.82. The van der Waals surface area contributed by atoms with Crippen molar-refractivity contribution in [3.05, 3.63) is 0 Å². The molecule has 0 saturated carbocycles. The average Bonchev–Trinajstić information content (AvgIpc) is 2.16. The third-order valence-corrected chi connectivity index (χ3v) is 3.68. The number of carbonyl (C=O) groups is 1. The fourth-order valence-electron chi connectivity index (χ4n) is 1.02. The Balaban J connectivity index is 3.40. The first-order valence-corrected chi connectivity index (χ1v) is 6.80. The molecule has 0 saturated heterocycles. The summed E-state index contributed by atoms with van der Waals surface area (Å²) in [4.78, 5) is 12.8. The van der Waals surface area contributed by atoms with Gasteiger partial charge < -0.3 is 10.2 Å². The third-order valence-electron chi connectivity index (χ3n) is 2.31. The van der Waals surface area contributed by atoms with Crippen LogP contribution in [0.3, 0.4) is 0 Å². The van der Waals surface area contributed by atoms with Gasteiger partial charge >= 0.3 is 0 Å². The van der Waals surface area contributed by atoms with E-state index in [1.54, 1.807) is 25.3 Å². The Morgan fingerprint density at radius 1 is 1.40 bits per heavy atom. The second-order valence-electron chi connectivity index (χ2n) is 3.89. The summed E-state index contributed by atoms with van der Waals surface area (Å²) in [5, 5.41) is 3.40. The van der Waals surface area contributed by atoms with Crippen LogP contribution in [0, 0.1) is 0 Å². The quantitative estimate of drug-likeness (QED) is 0.641. The summed E-state index contributed by atoms with van der Waals surface area (Å²) >= 11 is 0. The van der Waals surface area contributed by atoms with E-state index >= 15 is 0 Å². The van der Waals surface area contributed by atoms with Crippen LogP contribution in [0.1, 0.15) is 19.8 Å². The van der Waals surface area contributed by atoms with E-state index in [9.17, 15) is 9.00 Å². The average molecular weight is 234 g/mol. The largest absolute Gasteiger partial charge is 0.349 e. The molecule has 0 aromatic rings. The topological polar surface area (TPSA) is 49.4 Å². The van der Waals surface area contributed by atoms with Gasteiger partial charge in [-0.1, -0.05) is 6.92 Å². The van der Waals surface area contributed by atoms with Crippen LogP contribution in [0.4, 0.5) is 0 Å². The third kappa shape index (κ3) is 7.50. The molecule has 2 atom stereocenters. The van der Waals surface area contributed by atoms with Gasteiger partial charge in [-0.15, -0.1) is 0 Å². The molecule has 4 nitrogen and oxygen atoms in total. The van der Waals surface area contributed by atoms with Crippen molar-refractivity contribution in [1.29, 1.82) is 0 Å². The molecule has 0 aliphatic carbocycles. The first kappa shape index (κ1) is 14.6. The van der Waals surface area contributed by atoms with Gasteiger partial charge in [0.15, 0.2) is 0 Å². The minimum atomic E-state index is -0.747. The maximum atomic E-state index is 11.2. The van der Waals surface area contributed by atoms with E-state index in [0.29, 0.717) is 13.0 Å². The Labute approximate surface area is 94.9 Å². The monoisotopic (exact) mass is 234 g/mol. The molecule has 1 amide bonds. The van der Waals surface area contributed by atoms with E-state index in [0.717, 1.165) is 13.0 Å².